The Balaban J connectivity index is 2.37. The quantitative estimate of drug-likeness (QED) is 0.774. The number of pyridine rings is 1. The summed E-state index contributed by atoms with van der Waals surface area (Å²) in [4.78, 5) is 28.2. The van der Waals surface area contributed by atoms with Gasteiger partial charge in [0.25, 0.3) is 0 Å². The third kappa shape index (κ3) is 2.62. The molecule has 19 heavy (non-hydrogen) atoms. The molecule has 1 aromatic heterocycles. The van der Waals surface area contributed by atoms with Crippen LogP contribution >= 0.6 is 0 Å². The Morgan fingerprint density at radius 3 is 2.68 bits per heavy atom. The highest BCUT2D eigenvalue weighted by molar-refractivity contribution is 6.21. The second-order valence-electron chi connectivity index (χ2n) is 4.27. The standard InChI is InChI=1S/C15H15NO3/c1-3-11-8-13(17)12(15(19-2)14(11)18)7-10-5-4-6-16-9-10/h4-6,8-9H,3,7H2,1-2H3. The predicted molar refractivity (Wildman–Crippen MR) is 70.4 cm³/mol. The first-order valence-electron chi connectivity index (χ1n) is 6.13. The van der Waals surface area contributed by atoms with Crippen LogP contribution in [0.2, 0.25) is 0 Å². The Hall–Kier alpha value is -2.23. The number of methoxy groups -OCH3 is 1. The average Bonchev–Trinajstić information content (AvgIpc) is 2.44. The van der Waals surface area contributed by atoms with Crippen molar-refractivity contribution < 1.29 is 14.3 Å². The van der Waals surface area contributed by atoms with Crippen molar-refractivity contribution >= 4 is 11.6 Å². The monoisotopic (exact) mass is 257 g/mol. The maximum atomic E-state index is 12.1. The Bertz CT molecular complexity index is 570. The van der Waals surface area contributed by atoms with Gasteiger partial charge in [0.1, 0.15) is 0 Å². The van der Waals surface area contributed by atoms with Gasteiger partial charge >= 0.3 is 0 Å². The Morgan fingerprint density at radius 2 is 2.11 bits per heavy atom. The van der Waals surface area contributed by atoms with Crippen molar-refractivity contribution in [1.82, 2.24) is 4.98 Å². The Morgan fingerprint density at radius 1 is 1.32 bits per heavy atom. The van der Waals surface area contributed by atoms with E-state index in [2.05, 4.69) is 4.98 Å². The first-order chi connectivity index (χ1) is 9.17. The van der Waals surface area contributed by atoms with Gasteiger partial charge in [-0.3, -0.25) is 14.6 Å². The lowest BCUT2D eigenvalue weighted by atomic mass is 9.90. The molecule has 98 valence electrons. The molecule has 0 unspecified atom stereocenters. The van der Waals surface area contributed by atoms with E-state index in [0.717, 1.165) is 5.56 Å². The molecule has 0 saturated heterocycles. The number of carbonyl (C=O) groups excluding carboxylic acids is 2. The van der Waals surface area contributed by atoms with Gasteiger partial charge < -0.3 is 4.74 Å². The van der Waals surface area contributed by atoms with Gasteiger partial charge in [-0.1, -0.05) is 13.0 Å². The predicted octanol–water partition coefficient (Wildman–Crippen LogP) is 2.01. The van der Waals surface area contributed by atoms with E-state index in [9.17, 15) is 9.59 Å². The van der Waals surface area contributed by atoms with Crippen molar-refractivity contribution in [3.63, 3.8) is 0 Å². The largest absolute Gasteiger partial charge is 0.492 e. The summed E-state index contributed by atoms with van der Waals surface area (Å²) in [6, 6.07) is 3.66. The van der Waals surface area contributed by atoms with Gasteiger partial charge in [0.2, 0.25) is 5.78 Å². The van der Waals surface area contributed by atoms with Crippen molar-refractivity contribution in [2.75, 3.05) is 7.11 Å². The van der Waals surface area contributed by atoms with Crippen LogP contribution in [0.1, 0.15) is 18.9 Å². The summed E-state index contributed by atoms with van der Waals surface area (Å²) in [6.07, 6.45) is 5.64. The number of carbonyl (C=O) groups is 2. The van der Waals surface area contributed by atoms with Crippen molar-refractivity contribution in [1.29, 1.82) is 0 Å². The zero-order chi connectivity index (χ0) is 13.8. The lowest BCUT2D eigenvalue weighted by Crippen LogP contribution is -2.21. The van der Waals surface area contributed by atoms with Gasteiger partial charge in [-0.2, -0.15) is 0 Å². The Labute approximate surface area is 111 Å². The lowest BCUT2D eigenvalue weighted by molar-refractivity contribution is -0.118. The highest BCUT2D eigenvalue weighted by Crippen LogP contribution is 2.24. The molecule has 4 nitrogen and oxygen atoms in total. The molecule has 0 aliphatic heterocycles. The summed E-state index contributed by atoms with van der Waals surface area (Å²) < 4.78 is 5.14. The molecule has 0 radical (unpaired) electrons. The van der Waals surface area contributed by atoms with Crippen molar-refractivity contribution in [2.45, 2.75) is 19.8 Å². The fourth-order valence-electron chi connectivity index (χ4n) is 2.06. The third-order valence-corrected chi connectivity index (χ3v) is 3.06. The molecule has 0 atom stereocenters. The lowest BCUT2D eigenvalue weighted by Gasteiger charge is -2.17. The normalized spacial score (nSPS) is 15.6. The zero-order valence-corrected chi connectivity index (χ0v) is 11.0. The van der Waals surface area contributed by atoms with Crippen molar-refractivity contribution in [2.24, 2.45) is 0 Å². The van der Waals surface area contributed by atoms with E-state index in [1.54, 1.807) is 18.5 Å². The molecule has 2 rings (SSSR count). The van der Waals surface area contributed by atoms with Crippen LogP contribution in [0, 0.1) is 0 Å². The summed E-state index contributed by atoms with van der Waals surface area (Å²) in [7, 11) is 1.42. The van der Waals surface area contributed by atoms with Crippen LogP contribution in [0.15, 0.2) is 47.5 Å². The Kier molecular flexibility index (Phi) is 3.90. The number of hydrogen-bond acceptors (Lipinski definition) is 4. The third-order valence-electron chi connectivity index (χ3n) is 3.06. The van der Waals surface area contributed by atoms with Crippen LogP contribution in [-0.2, 0) is 20.7 Å². The summed E-state index contributed by atoms with van der Waals surface area (Å²) in [5.74, 6) is -0.186. The van der Waals surface area contributed by atoms with E-state index in [1.165, 1.54) is 13.2 Å². The minimum Gasteiger partial charge on any atom is -0.492 e. The molecule has 1 aromatic rings. The van der Waals surface area contributed by atoms with Gasteiger partial charge in [-0.15, -0.1) is 0 Å². The SMILES string of the molecule is CCC1=CC(=O)C(Cc2cccnc2)=C(OC)C1=O. The van der Waals surface area contributed by atoms with E-state index < -0.39 is 0 Å². The van der Waals surface area contributed by atoms with Gasteiger partial charge in [0, 0.05) is 30.0 Å². The zero-order valence-electron chi connectivity index (χ0n) is 11.0. The highest BCUT2D eigenvalue weighted by atomic mass is 16.5. The first kappa shape index (κ1) is 13.2. The number of nitrogens with zero attached hydrogens (tertiary/aromatic N) is 1. The summed E-state index contributed by atoms with van der Waals surface area (Å²) in [5.41, 5.74) is 1.77. The van der Waals surface area contributed by atoms with Crippen LogP contribution in [-0.4, -0.2) is 23.7 Å². The molecule has 0 bridgehead atoms. The fourth-order valence-corrected chi connectivity index (χ4v) is 2.06. The van der Waals surface area contributed by atoms with Crippen LogP contribution in [0.4, 0.5) is 0 Å². The van der Waals surface area contributed by atoms with Crippen LogP contribution in [0.5, 0.6) is 0 Å². The molecule has 1 aliphatic carbocycles. The first-order valence-corrected chi connectivity index (χ1v) is 6.13. The van der Waals surface area contributed by atoms with Crippen LogP contribution in [0.25, 0.3) is 0 Å². The number of Topliss-reactive ketones (excluding diaryl/α,β-unsaturated/α-hetero) is 1. The molecule has 0 fully saturated rings. The number of ketones is 2. The van der Waals surface area contributed by atoms with E-state index in [0.29, 0.717) is 24.0 Å². The van der Waals surface area contributed by atoms with E-state index in [-0.39, 0.29) is 17.3 Å². The van der Waals surface area contributed by atoms with E-state index >= 15 is 0 Å². The second kappa shape index (κ2) is 5.61. The summed E-state index contributed by atoms with van der Waals surface area (Å²) in [5, 5.41) is 0. The molecular weight excluding hydrogens is 242 g/mol. The fraction of sp³-hybridized carbons (Fsp3) is 0.267. The van der Waals surface area contributed by atoms with Gasteiger partial charge in [-0.05, 0) is 24.1 Å². The number of ether oxygens (including phenoxy) is 1. The summed E-state index contributed by atoms with van der Waals surface area (Å²) in [6.45, 7) is 1.84. The molecule has 0 N–H and O–H groups in total. The molecule has 4 heteroatoms. The van der Waals surface area contributed by atoms with Gasteiger partial charge in [0.05, 0.1) is 7.11 Å². The minimum atomic E-state index is -0.191. The topological polar surface area (TPSA) is 56.3 Å². The molecule has 1 aliphatic rings. The maximum Gasteiger partial charge on any atom is 0.224 e. The van der Waals surface area contributed by atoms with Crippen LogP contribution < -0.4 is 0 Å². The molecule has 1 heterocycles. The maximum absolute atomic E-state index is 12.1. The van der Waals surface area contributed by atoms with Crippen molar-refractivity contribution in [3.05, 3.63) is 53.1 Å². The smallest absolute Gasteiger partial charge is 0.224 e. The van der Waals surface area contributed by atoms with Gasteiger partial charge in [-0.25, -0.2) is 0 Å². The number of rotatable bonds is 4. The second-order valence-corrected chi connectivity index (χ2v) is 4.27. The molecular formula is C15H15NO3. The van der Waals surface area contributed by atoms with E-state index in [4.69, 9.17) is 4.74 Å². The summed E-state index contributed by atoms with van der Waals surface area (Å²) >= 11 is 0. The number of allylic oxidation sites excluding steroid dienone is 3. The number of aromatic nitrogens is 1. The molecule has 0 aromatic carbocycles. The number of hydrogen-bond donors (Lipinski definition) is 0. The molecule has 0 spiro atoms. The highest BCUT2D eigenvalue weighted by Gasteiger charge is 2.28. The van der Waals surface area contributed by atoms with Crippen molar-refractivity contribution in [3.8, 4) is 0 Å². The van der Waals surface area contributed by atoms with Crippen LogP contribution in [0.3, 0.4) is 0 Å². The minimum absolute atomic E-state index is 0.155. The molecule has 0 saturated carbocycles. The average molecular weight is 257 g/mol. The molecule has 0 amide bonds. The van der Waals surface area contributed by atoms with E-state index in [1.807, 2.05) is 13.0 Å². The van der Waals surface area contributed by atoms with Gasteiger partial charge in [0.15, 0.2) is 11.5 Å².